The fourth-order valence-electron chi connectivity index (χ4n) is 6.56. The number of methoxy groups -OCH3 is 1. The highest BCUT2D eigenvalue weighted by molar-refractivity contribution is 7.92. The fourth-order valence-corrected chi connectivity index (χ4v) is 8.11. The van der Waals surface area contributed by atoms with Gasteiger partial charge in [0.05, 0.1) is 29.3 Å². The number of fused-ring (bicyclic) bond motifs is 3. The van der Waals surface area contributed by atoms with E-state index in [-0.39, 0.29) is 22.2 Å². The van der Waals surface area contributed by atoms with Crippen molar-refractivity contribution < 1.29 is 22.7 Å². The number of ether oxygens (including phenoxy) is 2. The predicted octanol–water partition coefficient (Wildman–Crippen LogP) is 5.53. The SMILES string of the molecule is CCN1C[C@@]2(CCCc3cc(Cl)ccc32)COc2ccc(S(=O)(=O)CC(=O)[C@@H](C)NC/C=C\[C@@H](OC)C3CCC3)cc21. The molecule has 2 aromatic rings. The highest BCUT2D eigenvalue weighted by Gasteiger charge is 2.41. The Kier molecular flexibility index (Phi) is 9.67. The van der Waals surface area contributed by atoms with E-state index in [0.29, 0.717) is 37.9 Å². The first kappa shape index (κ1) is 31.0. The number of anilines is 1. The summed E-state index contributed by atoms with van der Waals surface area (Å²) in [6.07, 6.45) is 10.7. The fraction of sp³-hybridized carbons (Fsp3) is 0.545. The monoisotopic (exact) mass is 614 g/mol. The quantitative estimate of drug-likeness (QED) is 0.333. The van der Waals surface area contributed by atoms with Gasteiger partial charge in [0, 0.05) is 37.2 Å². The summed E-state index contributed by atoms with van der Waals surface area (Å²) in [6, 6.07) is 10.5. The number of nitrogens with zero attached hydrogens (tertiary/aromatic N) is 1. The number of carbonyl (C=O) groups is 1. The number of halogens is 1. The van der Waals surface area contributed by atoms with Crippen molar-refractivity contribution >= 4 is 32.9 Å². The highest BCUT2D eigenvalue weighted by atomic mass is 35.5. The highest BCUT2D eigenvalue weighted by Crippen LogP contribution is 2.44. The number of ketones is 1. The zero-order chi connectivity index (χ0) is 29.9. The second-order valence-electron chi connectivity index (χ2n) is 12.0. The first-order valence-electron chi connectivity index (χ1n) is 15.1. The van der Waals surface area contributed by atoms with Crippen LogP contribution in [-0.2, 0) is 31.2 Å². The molecule has 0 amide bonds. The van der Waals surface area contributed by atoms with Crippen LogP contribution in [0.25, 0.3) is 0 Å². The van der Waals surface area contributed by atoms with Crippen molar-refractivity contribution in [1.29, 1.82) is 0 Å². The van der Waals surface area contributed by atoms with Gasteiger partial charge in [-0.2, -0.15) is 0 Å². The maximum atomic E-state index is 13.4. The van der Waals surface area contributed by atoms with Crippen molar-refractivity contribution in [1.82, 2.24) is 5.32 Å². The molecule has 3 aliphatic rings. The molecule has 9 heteroatoms. The Morgan fingerprint density at radius 1 is 1.24 bits per heavy atom. The van der Waals surface area contributed by atoms with Gasteiger partial charge in [-0.1, -0.05) is 36.2 Å². The third-order valence-electron chi connectivity index (χ3n) is 9.32. The summed E-state index contributed by atoms with van der Waals surface area (Å²) in [5.41, 5.74) is 3.06. The molecule has 42 heavy (non-hydrogen) atoms. The number of nitrogens with one attached hydrogen (secondary N) is 1. The molecule has 0 unspecified atom stereocenters. The largest absolute Gasteiger partial charge is 0.490 e. The third kappa shape index (κ3) is 6.57. The van der Waals surface area contributed by atoms with Crippen LogP contribution in [0.3, 0.4) is 0 Å². The third-order valence-corrected chi connectivity index (χ3v) is 11.2. The second-order valence-corrected chi connectivity index (χ2v) is 14.5. The number of hydrogen-bond donors (Lipinski definition) is 1. The zero-order valence-electron chi connectivity index (χ0n) is 24.9. The first-order chi connectivity index (χ1) is 20.2. The van der Waals surface area contributed by atoms with Crippen LogP contribution < -0.4 is 15.0 Å². The van der Waals surface area contributed by atoms with Crippen LogP contribution in [0.4, 0.5) is 5.69 Å². The van der Waals surface area contributed by atoms with Crippen molar-refractivity contribution in [3.05, 3.63) is 64.7 Å². The second kappa shape index (κ2) is 13.1. The van der Waals surface area contributed by atoms with Gasteiger partial charge in [0.15, 0.2) is 15.6 Å². The summed E-state index contributed by atoms with van der Waals surface area (Å²) in [5.74, 6) is 0.310. The Hall–Kier alpha value is -2.39. The molecule has 2 aromatic carbocycles. The molecule has 7 nitrogen and oxygen atoms in total. The average Bonchev–Trinajstić information content (AvgIpc) is 3.10. The van der Waals surface area contributed by atoms with Gasteiger partial charge in [-0.25, -0.2) is 8.42 Å². The maximum Gasteiger partial charge on any atom is 0.185 e. The molecule has 228 valence electrons. The van der Waals surface area contributed by atoms with Gasteiger partial charge in [-0.15, -0.1) is 0 Å². The molecule has 0 aromatic heterocycles. The standard InChI is InChI=1S/C33H43ClN2O5S/c1-4-36-21-33(16-6-10-25-18-26(34)12-14-28(25)33)22-41-32-15-13-27(19-29(32)36)42(38,39)20-30(37)23(2)35-17-7-11-31(40-3)24-8-5-9-24/h7,11-15,18-19,23-24,31,35H,4-6,8-10,16-17,20-22H2,1-3H3/b11-7-/t23-,31-,33+/m1/s1. The number of benzene rings is 2. The molecule has 1 spiro atoms. The van der Waals surface area contributed by atoms with Crippen LogP contribution in [0.15, 0.2) is 53.4 Å². The van der Waals surface area contributed by atoms with Crippen molar-refractivity contribution in [2.45, 2.75) is 74.8 Å². The average molecular weight is 615 g/mol. The van der Waals surface area contributed by atoms with Crippen LogP contribution in [0, 0.1) is 5.92 Å². The van der Waals surface area contributed by atoms with E-state index in [1.54, 1.807) is 32.2 Å². The summed E-state index contributed by atoms with van der Waals surface area (Å²) >= 11 is 6.31. The number of hydrogen-bond acceptors (Lipinski definition) is 7. The van der Waals surface area contributed by atoms with Crippen LogP contribution in [0.5, 0.6) is 5.75 Å². The minimum atomic E-state index is -3.85. The van der Waals surface area contributed by atoms with Crippen LogP contribution in [-0.4, -0.2) is 65.5 Å². The topological polar surface area (TPSA) is 84.9 Å². The molecule has 1 N–H and O–H groups in total. The van der Waals surface area contributed by atoms with E-state index >= 15 is 0 Å². The molecule has 0 saturated heterocycles. The maximum absolute atomic E-state index is 13.4. The summed E-state index contributed by atoms with van der Waals surface area (Å²) < 4.78 is 38.8. The number of aryl methyl sites for hydroxylation is 1. The van der Waals surface area contributed by atoms with Crippen molar-refractivity contribution in [3.8, 4) is 5.75 Å². The lowest BCUT2D eigenvalue weighted by atomic mass is 9.70. The smallest absolute Gasteiger partial charge is 0.185 e. The minimum Gasteiger partial charge on any atom is -0.490 e. The number of carbonyl (C=O) groups excluding carboxylic acids is 1. The Morgan fingerprint density at radius 2 is 2.05 bits per heavy atom. The van der Waals surface area contributed by atoms with E-state index in [0.717, 1.165) is 30.0 Å². The van der Waals surface area contributed by atoms with Gasteiger partial charge in [0.2, 0.25) is 0 Å². The molecule has 0 bridgehead atoms. The molecule has 2 aliphatic carbocycles. The summed E-state index contributed by atoms with van der Waals surface area (Å²) in [4.78, 5) is 15.3. The van der Waals surface area contributed by atoms with Gasteiger partial charge in [-0.05, 0) is 93.3 Å². The summed E-state index contributed by atoms with van der Waals surface area (Å²) in [7, 11) is -2.13. The van der Waals surface area contributed by atoms with Crippen molar-refractivity contribution in [2.75, 3.05) is 44.0 Å². The van der Waals surface area contributed by atoms with Crippen LogP contribution in [0.1, 0.15) is 57.1 Å². The Labute approximate surface area is 255 Å². The van der Waals surface area contributed by atoms with Crippen molar-refractivity contribution in [3.63, 3.8) is 0 Å². The minimum absolute atomic E-state index is 0.0908. The normalized spacial score (nSPS) is 22.1. The summed E-state index contributed by atoms with van der Waals surface area (Å²) in [6.45, 7) is 6.18. The molecule has 3 atom stereocenters. The Balaban J connectivity index is 1.27. The number of Topliss-reactive ketones (excluding diaryl/α,β-unsaturated/α-hetero) is 1. The lowest BCUT2D eigenvalue weighted by Crippen LogP contribution is -2.45. The Morgan fingerprint density at radius 3 is 2.76 bits per heavy atom. The molecule has 1 saturated carbocycles. The van der Waals surface area contributed by atoms with E-state index in [2.05, 4.69) is 29.3 Å². The number of rotatable bonds is 11. The Bertz CT molecular complexity index is 1420. The molecular weight excluding hydrogens is 572 g/mol. The van der Waals surface area contributed by atoms with Gasteiger partial charge in [0.25, 0.3) is 0 Å². The van der Waals surface area contributed by atoms with Crippen molar-refractivity contribution in [2.24, 2.45) is 5.92 Å². The number of sulfone groups is 1. The molecule has 5 rings (SSSR count). The van der Waals surface area contributed by atoms with E-state index in [1.807, 2.05) is 18.2 Å². The van der Waals surface area contributed by atoms with E-state index in [1.165, 1.54) is 30.4 Å². The lowest BCUT2D eigenvalue weighted by Gasteiger charge is -2.40. The van der Waals surface area contributed by atoms with E-state index in [4.69, 9.17) is 21.1 Å². The predicted molar refractivity (Wildman–Crippen MR) is 168 cm³/mol. The van der Waals surface area contributed by atoms with Gasteiger partial charge < -0.3 is 19.7 Å². The van der Waals surface area contributed by atoms with E-state index in [9.17, 15) is 13.2 Å². The first-order valence-corrected chi connectivity index (χ1v) is 17.2. The van der Waals surface area contributed by atoms with Gasteiger partial charge >= 0.3 is 0 Å². The van der Waals surface area contributed by atoms with E-state index < -0.39 is 21.6 Å². The zero-order valence-corrected chi connectivity index (χ0v) is 26.5. The molecule has 1 fully saturated rings. The number of likely N-dealkylation sites (N-methyl/N-ethyl adjacent to an activating group) is 1. The molecule has 1 heterocycles. The van der Waals surface area contributed by atoms with Gasteiger partial charge in [0.1, 0.15) is 11.5 Å². The lowest BCUT2D eigenvalue weighted by molar-refractivity contribution is -0.118. The summed E-state index contributed by atoms with van der Waals surface area (Å²) in [5, 5.41) is 3.88. The van der Waals surface area contributed by atoms with Crippen LogP contribution >= 0.6 is 11.6 Å². The molecular formula is C33H43ClN2O5S. The molecule has 0 radical (unpaired) electrons. The van der Waals surface area contributed by atoms with Crippen LogP contribution in [0.2, 0.25) is 5.02 Å². The molecule has 1 aliphatic heterocycles. The van der Waals surface area contributed by atoms with Gasteiger partial charge in [-0.3, -0.25) is 4.79 Å².